The van der Waals surface area contributed by atoms with Gasteiger partial charge in [0, 0.05) is 11.6 Å². The maximum absolute atomic E-state index is 5.65. The number of thiocarbonyl (C=S) groups is 1. The zero-order valence-electron chi connectivity index (χ0n) is 8.93. The average Bonchev–Trinajstić information content (AvgIpc) is 2.29. The first-order chi connectivity index (χ1) is 7.74. The van der Waals surface area contributed by atoms with Gasteiger partial charge in [0.2, 0.25) is 0 Å². The first kappa shape index (κ1) is 10.8. The lowest BCUT2D eigenvalue weighted by atomic mass is 10.1. The van der Waals surface area contributed by atoms with Gasteiger partial charge in [-0.25, -0.2) is 0 Å². The molecule has 1 aromatic carbocycles. The quantitative estimate of drug-likeness (QED) is 0.825. The summed E-state index contributed by atoms with van der Waals surface area (Å²) in [5, 5.41) is 0.939. The fourth-order valence-electron chi connectivity index (χ4n) is 1.59. The Morgan fingerprint density at radius 2 is 2.19 bits per heavy atom. The molecule has 82 valence electrons. The lowest BCUT2D eigenvalue weighted by Crippen LogP contribution is -2.12. The Morgan fingerprint density at radius 1 is 1.44 bits per heavy atom. The van der Waals surface area contributed by atoms with Gasteiger partial charge in [0.15, 0.2) is 0 Å². The fourth-order valence-corrected chi connectivity index (χ4v) is 1.74. The summed E-state index contributed by atoms with van der Waals surface area (Å²) in [4.78, 5) is 4.60. The Labute approximate surface area is 99.2 Å². The van der Waals surface area contributed by atoms with Crippen molar-refractivity contribution in [1.29, 1.82) is 0 Å². The summed E-state index contributed by atoms with van der Waals surface area (Å²) in [7, 11) is 0. The van der Waals surface area contributed by atoms with Crippen LogP contribution in [0.1, 0.15) is 12.5 Å². The van der Waals surface area contributed by atoms with Crippen molar-refractivity contribution in [3.8, 4) is 5.75 Å². The minimum atomic E-state index is 0.307. The monoisotopic (exact) mass is 232 g/mol. The van der Waals surface area contributed by atoms with E-state index < -0.39 is 0 Å². The Morgan fingerprint density at radius 3 is 2.88 bits per heavy atom. The van der Waals surface area contributed by atoms with Gasteiger partial charge in [-0.3, -0.25) is 4.98 Å². The van der Waals surface area contributed by atoms with E-state index in [4.69, 9.17) is 22.7 Å². The smallest absolute Gasteiger partial charge is 0.140 e. The van der Waals surface area contributed by atoms with Gasteiger partial charge < -0.3 is 10.5 Å². The van der Waals surface area contributed by atoms with E-state index in [9.17, 15) is 0 Å². The molecule has 1 aromatic heterocycles. The highest BCUT2D eigenvalue weighted by Gasteiger charge is 2.11. The van der Waals surface area contributed by atoms with Crippen LogP contribution >= 0.6 is 12.2 Å². The molecule has 0 saturated heterocycles. The molecule has 2 N–H and O–H groups in total. The molecule has 0 aliphatic rings. The summed E-state index contributed by atoms with van der Waals surface area (Å²) in [5.41, 5.74) is 7.22. The highest BCUT2D eigenvalue weighted by Crippen LogP contribution is 2.28. The number of para-hydroxylation sites is 1. The summed E-state index contributed by atoms with van der Waals surface area (Å²) in [6, 6.07) is 7.76. The van der Waals surface area contributed by atoms with E-state index in [1.165, 1.54) is 0 Å². The predicted molar refractivity (Wildman–Crippen MR) is 68.8 cm³/mol. The van der Waals surface area contributed by atoms with Gasteiger partial charge >= 0.3 is 0 Å². The second-order valence-corrected chi connectivity index (χ2v) is 3.76. The van der Waals surface area contributed by atoms with Crippen molar-refractivity contribution in [3.63, 3.8) is 0 Å². The molecular formula is C12H12N2OS. The zero-order chi connectivity index (χ0) is 11.5. The second-order valence-electron chi connectivity index (χ2n) is 3.32. The van der Waals surface area contributed by atoms with Crippen LogP contribution in [0.15, 0.2) is 30.5 Å². The van der Waals surface area contributed by atoms with Crippen molar-refractivity contribution in [3.05, 3.63) is 36.0 Å². The number of hydrogen-bond acceptors (Lipinski definition) is 3. The van der Waals surface area contributed by atoms with Crippen LogP contribution in [0.2, 0.25) is 0 Å². The predicted octanol–water partition coefficient (Wildman–Crippen LogP) is 2.27. The maximum Gasteiger partial charge on any atom is 0.140 e. The minimum absolute atomic E-state index is 0.307. The van der Waals surface area contributed by atoms with E-state index in [1.807, 2.05) is 31.2 Å². The van der Waals surface area contributed by atoms with Crippen LogP contribution in [0, 0.1) is 0 Å². The number of ether oxygens (including phenoxy) is 1. The molecule has 0 saturated carbocycles. The van der Waals surface area contributed by atoms with E-state index in [1.54, 1.807) is 6.20 Å². The van der Waals surface area contributed by atoms with Crippen molar-refractivity contribution >= 4 is 28.1 Å². The Hall–Kier alpha value is -1.68. The van der Waals surface area contributed by atoms with Crippen molar-refractivity contribution in [1.82, 2.24) is 4.98 Å². The molecule has 0 amide bonds. The first-order valence-corrected chi connectivity index (χ1v) is 5.45. The number of fused-ring (bicyclic) bond motifs is 1. The summed E-state index contributed by atoms with van der Waals surface area (Å²) >= 11 is 4.98. The number of nitrogens with zero attached hydrogens (tertiary/aromatic N) is 1. The molecule has 0 bridgehead atoms. The lowest BCUT2D eigenvalue weighted by Gasteiger charge is -2.11. The van der Waals surface area contributed by atoms with Crippen LogP contribution in [0.5, 0.6) is 5.75 Å². The molecule has 0 aliphatic heterocycles. The average molecular weight is 232 g/mol. The van der Waals surface area contributed by atoms with Gasteiger partial charge in [-0.2, -0.15) is 0 Å². The standard InChI is InChI=1S/C12H12N2OS/c1-2-15-11-8-5-3-4-6-10(8)14-7-9(11)12(13)16/h3-7H,2H2,1H3,(H2,13,16). The number of aromatic nitrogens is 1. The van der Waals surface area contributed by atoms with E-state index in [0.29, 0.717) is 17.2 Å². The van der Waals surface area contributed by atoms with E-state index in [0.717, 1.165) is 16.7 Å². The molecule has 4 heteroatoms. The van der Waals surface area contributed by atoms with Crippen LogP contribution in [0.4, 0.5) is 0 Å². The van der Waals surface area contributed by atoms with Gasteiger partial charge in [0.25, 0.3) is 0 Å². The molecule has 0 atom stereocenters. The van der Waals surface area contributed by atoms with Crippen LogP contribution in [0.3, 0.4) is 0 Å². The Kier molecular flexibility index (Phi) is 3.01. The molecule has 0 aliphatic carbocycles. The highest BCUT2D eigenvalue weighted by atomic mass is 32.1. The minimum Gasteiger partial charge on any atom is -0.492 e. The van der Waals surface area contributed by atoms with Crippen molar-refractivity contribution in [2.24, 2.45) is 5.73 Å². The Balaban J connectivity index is 2.73. The number of hydrogen-bond donors (Lipinski definition) is 1. The first-order valence-electron chi connectivity index (χ1n) is 5.04. The molecule has 2 aromatic rings. The van der Waals surface area contributed by atoms with Crippen LogP contribution < -0.4 is 10.5 Å². The number of nitrogens with two attached hydrogens (primary N) is 1. The third-order valence-electron chi connectivity index (χ3n) is 2.28. The largest absolute Gasteiger partial charge is 0.492 e. The third-order valence-corrected chi connectivity index (χ3v) is 2.50. The topological polar surface area (TPSA) is 48.1 Å². The molecular weight excluding hydrogens is 220 g/mol. The normalized spacial score (nSPS) is 10.3. The summed E-state index contributed by atoms with van der Waals surface area (Å²) in [6.45, 7) is 2.50. The fraction of sp³-hybridized carbons (Fsp3) is 0.167. The maximum atomic E-state index is 5.65. The molecule has 0 radical (unpaired) electrons. The Bertz CT molecular complexity index is 540. The third kappa shape index (κ3) is 1.84. The SMILES string of the molecule is CCOc1c(C(N)=S)cnc2ccccc12. The summed E-state index contributed by atoms with van der Waals surface area (Å²) < 4.78 is 5.60. The van der Waals surface area contributed by atoms with E-state index in [-0.39, 0.29) is 0 Å². The number of pyridine rings is 1. The molecule has 0 fully saturated rings. The van der Waals surface area contributed by atoms with Gasteiger partial charge in [-0.05, 0) is 19.1 Å². The molecule has 0 unspecified atom stereocenters. The zero-order valence-corrected chi connectivity index (χ0v) is 9.75. The van der Waals surface area contributed by atoms with Crippen LogP contribution in [-0.2, 0) is 0 Å². The van der Waals surface area contributed by atoms with Gasteiger partial charge in [-0.1, -0.05) is 24.4 Å². The molecule has 0 spiro atoms. The molecule has 2 rings (SSSR count). The van der Waals surface area contributed by atoms with Gasteiger partial charge in [-0.15, -0.1) is 0 Å². The summed E-state index contributed by atoms with van der Waals surface area (Å²) in [6.07, 6.45) is 1.66. The van der Waals surface area contributed by atoms with Gasteiger partial charge in [0.05, 0.1) is 17.7 Å². The van der Waals surface area contributed by atoms with Crippen LogP contribution in [0.25, 0.3) is 10.9 Å². The van der Waals surface area contributed by atoms with Crippen LogP contribution in [-0.4, -0.2) is 16.6 Å². The number of benzene rings is 1. The van der Waals surface area contributed by atoms with E-state index >= 15 is 0 Å². The second kappa shape index (κ2) is 4.45. The summed E-state index contributed by atoms with van der Waals surface area (Å²) in [5.74, 6) is 0.723. The van der Waals surface area contributed by atoms with E-state index in [2.05, 4.69) is 4.98 Å². The van der Waals surface area contributed by atoms with Crippen molar-refractivity contribution < 1.29 is 4.74 Å². The molecule has 16 heavy (non-hydrogen) atoms. The molecule has 3 nitrogen and oxygen atoms in total. The lowest BCUT2D eigenvalue weighted by molar-refractivity contribution is 0.343. The number of rotatable bonds is 3. The van der Waals surface area contributed by atoms with Gasteiger partial charge in [0.1, 0.15) is 10.7 Å². The van der Waals surface area contributed by atoms with Crippen molar-refractivity contribution in [2.45, 2.75) is 6.92 Å². The van der Waals surface area contributed by atoms with Crippen molar-refractivity contribution in [2.75, 3.05) is 6.61 Å². The highest BCUT2D eigenvalue weighted by molar-refractivity contribution is 7.80. The molecule has 1 heterocycles.